The van der Waals surface area contributed by atoms with Crippen LogP contribution in [0.2, 0.25) is 0 Å². The van der Waals surface area contributed by atoms with Crippen molar-refractivity contribution < 1.29 is 0 Å². The second-order valence-electron chi connectivity index (χ2n) is 4.83. The van der Waals surface area contributed by atoms with Gasteiger partial charge in [-0.3, -0.25) is 0 Å². The Bertz CT molecular complexity index is 139. The van der Waals surface area contributed by atoms with Gasteiger partial charge >= 0.3 is 0 Å². The molecule has 14 heavy (non-hydrogen) atoms. The van der Waals surface area contributed by atoms with Crippen molar-refractivity contribution in [3.8, 4) is 0 Å². The van der Waals surface area contributed by atoms with Gasteiger partial charge < -0.3 is 10.6 Å². The molecule has 1 unspecified atom stereocenters. The standard InChI is InChI=1S/C12H26N2/c1-3-11(2)10-14-8-5-12(4-7-13)6-9-14/h11-12H,3-10,13H2,1-2H3. The van der Waals surface area contributed by atoms with E-state index in [4.69, 9.17) is 5.73 Å². The molecule has 0 saturated carbocycles. The van der Waals surface area contributed by atoms with Gasteiger partial charge in [-0.1, -0.05) is 20.3 Å². The van der Waals surface area contributed by atoms with Crippen molar-refractivity contribution in [3.63, 3.8) is 0 Å². The van der Waals surface area contributed by atoms with Crippen molar-refractivity contribution in [2.24, 2.45) is 17.6 Å². The maximum absolute atomic E-state index is 5.58. The van der Waals surface area contributed by atoms with Crippen LogP contribution >= 0.6 is 0 Å². The summed E-state index contributed by atoms with van der Waals surface area (Å²) in [5.41, 5.74) is 5.58. The van der Waals surface area contributed by atoms with Gasteiger partial charge in [0, 0.05) is 6.54 Å². The lowest BCUT2D eigenvalue weighted by Crippen LogP contribution is -2.36. The molecule has 0 radical (unpaired) electrons. The molecule has 0 aromatic heterocycles. The summed E-state index contributed by atoms with van der Waals surface area (Å²) in [5.74, 6) is 1.77. The first-order chi connectivity index (χ1) is 6.76. The zero-order valence-electron chi connectivity index (χ0n) is 9.84. The maximum atomic E-state index is 5.58. The molecule has 2 nitrogen and oxygen atoms in total. The second-order valence-corrected chi connectivity index (χ2v) is 4.83. The molecule has 2 N–H and O–H groups in total. The van der Waals surface area contributed by atoms with Gasteiger partial charge in [-0.25, -0.2) is 0 Å². The minimum Gasteiger partial charge on any atom is -0.330 e. The molecule has 84 valence electrons. The minimum atomic E-state index is 0.862. The van der Waals surface area contributed by atoms with Crippen molar-refractivity contribution in [2.75, 3.05) is 26.2 Å². The van der Waals surface area contributed by atoms with Crippen LogP contribution < -0.4 is 5.73 Å². The van der Waals surface area contributed by atoms with Crippen LogP contribution in [0.25, 0.3) is 0 Å². The van der Waals surface area contributed by atoms with Crippen molar-refractivity contribution >= 4 is 0 Å². The third-order valence-electron chi connectivity index (χ3n) is 3.55. The molecule has 1 heterocycles. The molecule has 1 atom stereocenters. The van der Waals surface area contributed by atoms with Crippen molar-refractivity contribution in [1.29, 1.82) is 0 Å². The Morgan fingerprint density at radius 1 is 1.36 bits per heavy atom. The third kappa shape index (κ3) is 3.97. The van der Waals surface area contributed by atoms with Crippen LogP contribution in [0.5, 0.6) is 0 Å². The Balaban J connectivity index is 2.15. The predicted molar refractivity (Wildman–Crippen MR) is 62.3 cm³/mol. The highest BCUT2D eigenvalue weighted by molar-refractivity contribution is 4.73. The van der Waals surface area contributed by atoms with Gasteiger partial charge in [0.25, 0.3) is 0 Å². The summed E-state index contributed by atoms with van der Waals surface area (Å²) >= 11 is 0. The van der Waals surface area contributed by atoms with Crippen molar-refractivity contribution in [3.05, 3.63) is 0 Å². The van der Waals surface area contributed by atoms with E-state index in [-0.39, 0.29) is 0 Å². The number of nitrogens with zero attached hydrogens (tertiary/aromatic N) is 1. The van der Waals surface area contributed by atoms with Crippen LogP contribution in [0, 0.1) is 11.8 Å². The Labute approximate surface area is 88.8 Å². The van der Waals surface area contributed by atoms with E-state index in [1.54, 1.807) is 0 Å². The predicted octanol–water partition coefficient (Wildman–Crippen LogP) is 2.09. The zero-order chi connectivity index (χ0) is 10.4. The van der Waals surface area contributed by atoms with Gasteiger partial charge in [0.2, 0.25) is 0 Å². The molecular weight excluding hydrogens is 172 g/mol. The summed E-state index contributed by atoms with van der Waals surface area (Å²) in [5, 5.41) is 0. The van der Waals surface area contributed by atoms with Crippen molar-refractivity contribution in [1.82, 2.24) is 4.90 Å². The van der Waals surface area contributed by atoms with Gasteiger partial charge in [-0.2, -0.15) is 0 Å². The lowest BCUT2D eigenvalue weighted by Gasteiger charge is -2.33. The van der Waals surface area contributed by atoms with Crippen LogP contribution in [0.3, 0.4) is 0 Å². The van der Waals surface area contributed by atoms with E-state index < -0.39 is 0 Å². The van der Waals surface area contributed by atoms with Crippen molar-refractivity contribution in [2.45, 2.75) is 39.5 Å². The molecule has 0 aromatic carbocycles. The molecule has 0 amide bonds. The third-order valence-corrected chi connectivity index (χ3v) is 3.55. The van der Waals surface area contributed by atoms with E-state index in [1.807, 2.05) is 0 Å². The Hall–Kier alpha value is -0.0800. The smallest absolute Gasteiger partial charge is 0.000692 e. The highest BCUT2D eigenvalue weighted by atomic mass is 15.1. The normalized spacial score (nSPS) is 22.5. The number of piperidine rings is 1. The Morgan fingerprint density at radius 3 is 2.50 bits per heavy atom. The average Bonchev–Trinajstić information content (AvgIpc) is 2.21. The van der Waals surface area contributed by atoms with E-state index in [0.717, 1.165) is 18.4 Å². The molecule has 0 aromatic rings. The molecule has 1 aliphatic heterocycles. The summed E-state index contributed by atoms with van der Waals surface area (Å²) < 4.78 is 0. The quantitative estimate of drug-likeness (QED) is 0.733. The fourth-order valence-corrected chi connectivity index (χ4v) is 2.26. The molecule has 1 rings (SSSR count). The van der Waals surface area contributed by atoms with E-state index in [9.17, 15) is 0 Å². The highest BCUT2D eigenvalue weighted by Gasteiger charge is 2.19. The first-order valence-corrected chi connectivity index (χ1v) is 6.18. The van der Waals surface area contributed by atoms with E-state index in [1.165, 1.54) is 45.3 Å². The van der Waals surface area contributed by atoms with E-state index in [2.05, 4.69) is 18.7 Å². The molecule has 1 aliphatic rings. The lowest BCUT2D eigenvalue weighted by atomic mass is 9.93. The first kappa shape index (κ1) is 12.0. The topological polar surface area (TPSA) is 29.3 Å². The Morgan fingerprint density at radius 2 is 2.00 bits per heavy atom. The van der Waals surface area contributed by atoms with Crippen LogP contribution in [-0.4, -0.2) is 31.1 Å². The number of hydrogen-bond acceptors (Lipinski definition) is 2. The highest BCUT2D eigenvalue weighted by Crippen LogP contribution is 2.20. The summed E-state index contributed by atoms with van der Waals surface area (Å²) in [6.07, 6.45) is 5.28. The monoisotopic (exact) mass is 198 g/mol. The average molecular weight is 198 g/mol. The minimum absolute atomic E-state index is 0.862. The maximum Gasteiger partial charge on any atom is 0.000692 e. The van der Waals surface area contributed by atoms with E-state index >= 15 is 0 Å². The lowest BCUT2D eigenvalue weighted by molar-refractivity contribution is 0.160. The number of likely N-dealkylation sites (tertiary alicyclic amines) is 1. The fourth-order valence-electron chi connectivity index (χ4n) is 2.26. The van der Waals surface area contributed by atoms with Crippen LogP contribution in [0.15, 0.2) is 0 Å². The summed E-state index contributed by atoms with van der Waals surface area (Å²) in [6, 6.07) is 0. The summed E-state index contributed by atoms with van der Waals surface area (Å²) in [6.45, 7) is 9.41. The molecule has 0 aliphatic carbocycles. The number of hydrogen-bond donors (Lipinski definition) is 1. The van der Waals surface area contributed by atoms with Gasteiger partial charge in [0.1, 0.15) is 0 Å². The van der Waals surface area contributed by atoms with Gasteiger partial charge in [-0.15, -0.1) is 0 Å². The second kappa shape index (κ2) is 6.41. The zero-order valence-corrected chi connectivity index (χ0v) is 9.84. The molecule has 1 fully saturated rings. The van der Waals surface area contributed by atoms with Crippen LogP contribution in [0.1, 0.15) is 39.5 Å². The fraction of sp³-hybridized carbons (Fsp3) is 1.00. The molecule has 0 bridgehead atoms. The van der Waals surface area contributed by atoms with Crippen LogP contribution in [0.4, 0.5) is 0 Å². The molecule has 2 heteroatoms. The number of nitrogens with two attached hydrogens (primary N) is 1. The van der Waals surface area contributed by atoms with Gasteiger partial charge in [-0.05, 0) is 50.7 Å². The molecule has 1 saturated heterocycles. The van der Waals surface area contributed by atoms with Crippen LogP contribution in [-0.2, 0) is 0 Å². The summed E-state index contributed by atoms with van der Waals surface area (Å²) in [7, 11) is 0. The first-order valence-electron chi connectivity index (χ1n) is 6.18. The molecular formula is C12H26N2. The Kier molecular flexibility index (Phi) is 5.49. The summed E-state index contributed by atoms with van der Waals surface area (Å²) in [4.78, 5) is 2.63. The van der Waals surface area contributed by atoms with Gasteiger partial charge in [0.05, 0.1) is 0 Å². The SMILES string of the molecule is CCC(C)CN1CCC(CCN)CC1. The van der Waals surface area contributed by atoms with E-state index in [0.29, 0.717) is 0 Å². The number of rotatable bonds is 5. The molecule has 0 spiro atoms. The largest absolute Gasteiger partial charge is 0.330 e. The van der Waals surface area contributed by atoms with Gasteiger partial charge in [0.15, 0.2) is 0 Å².